The molecule has 1 aromatic carbocycles. The van der Waals surface area contributed by atoms with Gasteiger partial charge in [0.15, 0.2) is 0 Å². The second kappa shape index (κ2) is 6.11. The van der Waals surface area contributed by atoms with E-state index >= 15 is 0 Å². The van der Waals surface area contributed by atoms with Crippen molar-refractivity contribution in [3.05, 3.63) is 29.8 Å². The molecular formula is C18H24N2O2. The van der Waals surface area contributed by atoms with Crippen LogP contribution in [-0.2, 0) is 16.0 Å². The first-order valence-electron chi connectivity index (χ1n) is 8.28. The van der Waals surface area contributed by atoms with E-state index in [1.54, 1.807) is 11.8 Å². The van der Waals surface area contributed by atoms with E-state index in [1.165, 1.54) is 12.8 Å². The third kappa shape index (κ3) is 2.62. The molecule has 0 N–H and O–H groups in total. The summed E-state index contributed by atoms with van der Waals surface area (Å²) >= 11 is 0. The van der Waals surface area contributed by atoms with Crippen molar-refractivity contribution >= 4 is 17.5 Å². The molecule has 0 aliphatic carbocycles. The molecular weight excluding hydrogens is 276 g/mol. The zero-order chi connectivity index (χ0) is 15.7. The standard InChI is InChI=1S/C18H24N2O2/c1-13-8-4-3-7-11-19(13)18(22)17-12-15-9-5-6-10-16(15)20(17)14(2)21/h5-6,9-10,13,17H,3-4,7-8,11-12H2,1-2H3/t13?,17-/m0/s1. The third-order valence-electron chi connectivity index (χ3n) is 4.94. The zero-order valence-corrected chi connectivity index (χ0v) is 13.4. The number of fused-ring (bicyclic) bond motifs is 1. The van der Waals surface area contributed by atoms with Crippen LogP contribution in [0.1, 0.15) is 45.1 Å². The SMILES string of the molecule is CC(=O)N1c2ccccc2C[C@H]1C(=O)N1CCCCCC1C. The first-order chi connectivity index (χ1) is 10.6. The van der Waals surface area contributed by atoms with Gasteiger partial charge in [0, 0.05) is 31.6 Å². The Morgan fingerprint density at radius 1 is 1.14 bits per heavy atom. The van der Waals surface area contributed by atoms with Gasteiger partial charge in [-0.15, -0.1) is 0 Å². The molecule has 2 heterocycles. The lowest BCUT2D eigenvalue weighted by Crippen LogP contribution is -2.51. The van der Waals surface area contributed by atoms with Crippen LogP contribution >= 0.6 is 0 Å². The van der Waals surface area contributed by atoms with Crippen molar-refractivity contribution in [3.8, 4) is 0 Å². The highest BCUT2D eigenvalue weighted by Gasteiger charge is 2.39. The Morgan fingerprint density at radius 3 is 2.68 bits per heavy atom. The Bertz CT molecular complexity index is 584. The number of amides is 2. The van der Waals surface area contributed by atoms with Crippen LogP contribution in [0.4, 0.5) is 5.69 Å². The minimum Gasteiger partial charge on any atom is -0.338 e. The average molecular weight is 300 g/mol. The molecule has 2 aliphatic rings. The number of likely N-dealkylation sites (tertiary alicyclic amines) is 1. The summed E-state index contributed by atoms with van der Waals surface area (Å²) in [5.41, 5.74) is 1.99. The van der Waals surface area contributed by atoms with Gasteiger partial charge in [0.25, 0.3) is 0 Å². The van der Waals surface area contributed by atoms with Gasteiger partial charge in [0.2, 0.25) is 11.8 Å². The van der Waals surface area contributed by atoms with E-state index in [-0.39, 0.29) is 23.9 Å². The number of anilines is 1. The molecule has 1 unspecified atom stereocenters. The second-order valence-corrected chi connectivity index (χ2v) is 6.47. The van der Waals surface area contributed by atoms with Gasteiger partial charge < -0.3 is 4.90 Å². The lowest BCUT2D eigenvalue weighted by molar-refractivity contribution is -0.136. The van der Waals surface area contributed by atoms with Gasteiger partial charge in [-0.05, 0) is 31.4 Å². The number of rotatable bonds is 1. The van der Waals surface area contributed by atoms with E-state index in [9.17, 15) is 9.59 Å². The van der Waals surface area contributed by atoms with E-state index in [4.69, 9.17) is 0 Å². The average Bonchev–Trinajstić information content (AvgIpc) is 2.76. The topological polar surface area (TPSA) is 40.6 Å². The second-order valence-electron chi connectivity index (χ2n) is 6.47. The summed E-state index contributed by atoms with van der Waals surface area (Å²) in [7, 11) is 0. The molecule has 2 amide bonds. The summed E-state index contributed by atoms with van der Waals surface area (Å²) in [5.74, 6) is 0.0616. The van der Waals surface area contributed by atoms with Gasteiger partial charge in [-0.2, -0.15) is 0 Å². The van der Waals surface area contributed by atoms with Crippen molar-refractivity contribution in [3.63, 3.8) is 0 Å². The van der Waals surface area contributed by atoms with Gasteiger partial charge in [0.1, 0.15) is 6.04 Å². The lowest BCUT2D eigenvalue weighted by atomic mass is 10.1. The molecule has 0 saturated carbocycles. The van der Waals surface area contributed by atoms with E-state index in [1.807, 2.05) is 29.2 Å². The summed E-state index contributed by atoms with van der Waals surface area (Å²) in [6.07, 6.45) is 5.14. The van der Waals surface area contributed by atoms with E-state index in [2.05, 4.69) is 6.92 Å². The Kier molecular flexibility index (Phi) is 4.19. The highest BCUT2D eigenvalue weighted by Crippen LogP contribution is 2.33. The number of hydrogen-bond donors (Lipinski definition) is 0. The van der Waals surface area contributed by atoms with Crippen LogP contribution < -0.4 is 4.90 Å². The number of para-hydroxylation sites is 1. The fraction of sp³-hybridized carbons (Fsp3) is 0.556. The third-order valence-corrected chi connectivity index (χ3v) is 4.94. The Labute approximate surface area is 132 Å². The van der Waals surface area contributed by atoms with Gasteiger partial charge in [-0.1, -0.05) is 31.0 Å². The molecule has 0 aromatic heterocycles. The van der Waals surface area contributed by atoms with Gasteiger partial charge in [-0.25, -0.2) is 0 Å². The number of benzene rings is 1. The molecule has 3 rings (SSSR count). The van der Waals surface area contributed by atoms with E-state index < -0.39 is 0 Å². The summed E-state index contributed by atoms with van der Waals surface area (Å²) in [5, 5.41) is 0. The van der Waals surface area contributed by atoms with Crippen LogP contribution in [0.2, 0.25) is 0 Å². The molecule has 4 heteroatoms. The van der Waals surface area contributed by atoms with Gasteiger partial charge in [0.05, 0.1) is 0 Å². The van der Waals surface area contributed by atoms with Crippen LogP contribution in [0.25, 0.3) is 0 Å². The largest absolute Gasteiger partial charge is 0.338 e. The van der Waals surface area contributed by atoms with Crippen molar-refractivity contribution in [1.82, 2.24) is 4.90 Å². The van der Waals surface area contributed by atoms with Crippen LogP contribution in [0.3, 0.4) is 0 Å². The van der Waals surface area contributed by atoms with Crippen LogP contribution in [-0.4, -0.2) is 35.3 Å². The van der Waals surface area contributed by atoms with Crippen molar-refractivity contribution in [2.75, 3.05) is 11.4 Å². The Morgan fingerprint density at radius 2 is 1.91 bits per heavy atom. The monoisotopic (exact) mass is 300 g/mol. The lowest BCUT2D eigenvalue weighted by Gasteiger charge is -2.33. The van der Waals surface area contributed by atoms with Crippen LogP contribution in [0.5, 0.6) is 0 Å². The van der Waals surface area contributed by atoms with Crippen molar-refractivity contribution in [2.24, 2.45) is 0 Å². The number of nitrogens with zero attached hydrogens (tertiary/aromatic N) is 2. The minimum atomic E-state index is -0.365. The highest BCUT2D eigenvalue weighted by molar-refractivity contribution is 6.02. The normalized spacial score (nSPS) is 24.8. The molecule has 1 aromatic rings. The van der Waals surface area contributed by atoms with Crippen molar-refractivity contribution in [1.29, 1.82) is 0 Å². The number of carbonyl (C=O) groups excluding carboxylic acids is 2. The van der Waals surface area contributed by atoms with Crippen molar-refractivity contribution in [2.45, 2.75) is 58.0 Å². The maximum Gasteiger partial charge on any atom is 0.246 e. The minimum absolute atomic E-state index is 0.0502. The zero-order valence-electron chi connectivity index (χ0n) is 13.4. The molecule has 4 nitrogen and oxygen atoms in total. The van der Waals surface area contributed by atoms with Gasteiger partial charge in [-0.3, -0.25) is 14.5 Å². The summed E-state index contributed by atoms with van der Waals surface area (Å²) in [6.45, 7) is 4.50. The first kappa shape index (κ1) is 15.1. The molecule has 1 fully saturated rings. The maximum atomic E-state index is 13.1. The number of hydrogen-bond acceptors (Lipinski definition) is 2. The maximum absolute atomic E-state index is 13.1. The Balaban J connectivity index is 1.87. The van der Waals surface area contributed by atoms with E-state index in [0.29, 0.717) is 6.42 Å². The highest BCUT2D eigenvalue weighted by atomic mass is 16.2. The summed E-state index contributed by atoms with van der Waals surface area (Å²) in [6, 6.07) is 7.76. The quantitative estimate of drug-likeness (QED) is 0.800. The summed E-state index contributed by atoms with van der Waals surface area (Å²) in [4.78, 5) is 28.9. The molecule has 0 radical (unpaired) electrons. The first-order valence-corrected chi connectivity index (χ1v) is 8.28. The van der Waals surface area contributed by atoms with Crippen LogP contribution in [0, 0.1) is 0 Å². The predicted octanol–water partition coefficient (Wildman–Crippen LogP) is 2.76. The molecule has 0 spiro atoms. The predicted molar refractivity (Wildman–Crippen MR) is 86.7 cm³/mol. The molecule has 118 valence electrons. The van der Waals surface area contributed by atoms with Crippen LogP contribution in [0.15, 0.2) is 24.3 Å². The fourth-order valence-corrected chi connectivity index (χ4v) is 3.77. The Hall–Kier alpha value is -1.84. The molecule has 2 aliphatic heterocycles. The molecule has 1 saturated heterocycles. The smallest absolute Gasteiger partial charge is 0.246 e. The van der Waals surface area contributed by atoms with Gasteiger partial charge >= 0.3 is 0 Å². The molecule has 0 bridgehead atoms. The molecule has 2 atom stereocenters. The molecule has 22 heavy (non-hydrogen) atoms. The van der Waals surface area contributed by atoms with Crippen molar-refractivity contribution < 1.29 is 9.59 Å². The fourth-order valence-electron chi connectivity index (χ4n) is 3.77. The number of carbonyl (C=O) groups is 2. The summed E-state index contributed by atoms with van der Waals surface area (Å²) < 4.78 is 0. The van der Waals surface area contributed by atoms with E-state index in [0.717, 1.165) is 30.6 Å².